The number of benzene rings is 2. The molecule has 1 unspecified atom stereocenters. The van der Waals surface area contributed by atoms with Crippen LogP contribution in [0.3, 0.4) is 0 Å². The molecule has 3 aromatic rings. The van der Waals surface area contributed by atoms with Crippen molar-refractivity contribution in [1.29, 1.82) is 0 Å². The molecule has 5 nitrogen and oxygen atoms in total. The van der Waals surface area contributed by atoms with Gasteiger partial charge in [0.25, 0.3) is 5.56 Å². The number of nitrogens with one attached hydrogen (secondary N) is 1. The van der Waals surface area contributed by atoms with Crippen LogP contribution in [-0.2, 0) is 17.5 Å². The van der Waals surface area contributed by atoms with Gasteiger partial charge in [0.1, 0.15) is 0 Å². The number of alkyl halides is 3. The van der Waals surface area contributed by atoms with E-state index in [1.165, 1.54) is 10.6 Å². The summed E-state index contributed by atoms with van der Waals surface area (Å²) in [4.78, 5) is 30.2. The number of carbonyl (C=O) groups excluding carboxylic acids is 1. The normalized spacial score (nSPS) is 12.7. The number of para-hydroxylation sites is 1. The Morgan fingerprint density at radius 2 is 1.97 bits per heavy atom. The summed E-state index contributed by atoms with van der Waals surface area (Å²) < 4.78 is 41.5. The van der Waals surface area contributed by atoms with Crippen LogP contribution in [0.25, 0.3) is 10.9 Å². The monoisotopic (exact) mass is 483 g/mol. The second kappa shape index (κ2) is 9.95. The molecule has 10 heteroatoms. The second-order valence-corrected chi connectivity index (χ2v) is 8.90. The van der Waals surface area contributed by atoms with E-state index in [1.807, 2.05) is 6.92 Å². The Balaban J connectivity index is 1.89. The van der Waals surface area contributed by atoms with Gasteiger partial charge in [0.05, 0.1) is 27.4 Å². The zero-order valence-corrected chi connectivity index (χ0v) is 18.9. The summed E-state index contributed by atoms with van der Waals surface area (Å²) in [5, 5.41) is 2.25. The van der Waals surface area contributed by atoms with E-state index in [4.69, 9.17) is 11.6 Å². The number of unbranched alkanes of at least 4 members (excludes halogenated alkanes) is 1. The Labute approximate surface area is 192 Å². The quantitative estimate of drug-likeness (QED) is 0.331. The third-order valence-electron chi connectivity index (χ3n) is 4.76. The summed E-state index contributed by atoms with van der Waals surface area (Å²) in [6, 6.07) is 10.1. The standard InChI is InChI=1S/C22H21ClF3N3O2S/c1-3-4-11-29-20(31)15-7-5-6-8-17(15)28-21(29)32-13(2)19(30)27-18-10-9-14(23)12-16(18)22(24,25)26/h5-10,12-13H,3-4,11H2,1-2H3,(H,27,30). The molecule has 2 aromatic carbocycles. The van der Waals surface area contributed by atoms with Gasteiger partial charge in [-0.1, -0.05) is 48.8 Å². The van der Waals surface area contributed by atoms with Gasteiger partial charge in [-0.05, 0) is 43.7 Å². The number of aromatic nitrogens is 2. The van der Waals surface area contributed by atoms with E-state index in [1.54, 1.807) is 31.2 Å². The average Bonchev–Trinajstić information content (AvgIpc) is 2.74. The average molecular weight is 484 g/mol. The molecule has 1 heterocycles. The van der Waals surface area contributed by atoms with Crippen LogP contribution >= 0.6 is 23.4 Å². The Hall–Kier alpha value is -2.52. The first kappa shape index (κ1) is 24.1. The van der Waals surface area contributed by atoms with Crippen molar-refractivity contribution in [3.63, 3.8) is 0 Å². The van der Waals surface area contributed by atoms with Crippen LogP contribution in [0.4, 0.5) is 18.9 Å². The first-order valence-corrected chi connectivity index (χ1v) is 11.2. The molecular formula is C22H21ClF3N3O2S. The van der Waals surface area contributed by atoms with Crippen LogP contribution in [0, 0.1) is 0 Å². The van der Waals surface area contributed by atoms with E-state index in [-0.39, 0.29) is 16.3 Å². The van der Waals surface area contributed by atoms with Crippen LogP contribution in [-0.4, -0.2) is 20.7 Å². The summed E-state index contributed by atoms with van der Waals surface area (Å²) in [5.74, 6) is -0.646. The highest BCUT2D eigenvalue weighted by Gasteiger charge is 2.34. The van der Waals surface area contributed by atoms with Gasteiger partial charge in [-0.2, -0.15) is 13.2 Å². The maximum atomic E-state index is 13.3. The summed E-state index contributed by atoms with van der Waals surface area (Å²) >= 11 is 6.72. The summed E-state index contributed by atoms with van der Waals surface area (Å²) in [7, 11) is 0. The molecule has 0 bridgehead atoms. The van der Waals surface area contributed by atoms with Crippen molar-refractivity contribution < 1.29 is 18.0 Å². The fourth-order valence-electron chi connectivity index (χ4n) is 3.06. The smallest absolute Gasteiger partial charge is 0.325 e. The zero-order chi connectivity index (χ0) is 23.5. The van der Waals surface area contributed by atoms with Crippen LogP contribution in [0.15, 0.2) is 52.4 Å². The molecule has 0 aliphatic rings. The number of nitrogens with zero attached hydrogens (tertiary/aromatic N) is 2. The van der Waals surface area contributed by atoms with Gasteiger partial charge in [-0.25, -0.2) is 4.98 Å². The summed E-state index contributed by atoms with van der Waals surface area (Å²) in [6.07, 6.45) is -3.07. The number of anilines is 1. The van der Waals surface area contributed by atoms with Crippen molar-refractivity contribution in [2.24, 2.45) is 0 Å². The van der Waals surface area contributed by atoms with Gasteiger partial charge in [-0.15, -0.1) is 0 Å². The van der Waals surface area contributed by atoms with Gasteiger partial charge in [0, 0.05) is 11.6 Å². The first-order chi connectivity index (χ1) is 15.1. The van der Waals surface area contributed by atoms with E-state index in [0.29, 0.717) is 22.6 Å². The number of halogens is 4. The molecule has 0 spiro atoms. The lowest BCUT2D eigenvalue weighted by molar-refractivity contribution is -0.137. The van der Waals surface area contributed by atoms with Crippen LogP contribution in [0.2, 0.25) is 5.02 Å². The lowest BCUT2D eigenvalue weighted by Crippen LogP contribution is -2.27. The molecule has 0 saturated heterocycles. The maximum Gasteiger partial charge on any atom is 0.418 e. The van der Waals surface area contributed by atoms with Crippen molar-refractivity contribution in [3.05, 3.63) is 63.4 Å². The second-order valence-electron chi connectivity index (χ2n) is 7.16. The van der Waals surface area contributed by atoms with Crippen molar-refractivity contribution in [2.45, 2.75) is 49.8 Å². The summed E-state index contributed by atoms with van der Waals surface area (Å²) in [6.45, 7) is 3.97. The number of rotatable bonds is 7. The molecule has 0 aliphatic heterocycles. The minimum absolute atomic E-state index is 0.0851. The highest BCUT2D eigenvalue weighted by molar-refractivity contribution is 8.00. The number of hydrogen-bond acceptors (Lipinski definition) is 4. The maximum absolute atomic E-state index is 13.3. The lowest BCUT2D eigenvalue weighted by atomic mass is 10.1. The van der Waals surface area contributed by atoms with Gasteiger partial charge >= 0.3 is 6.18 Å². The first-order valence-electron chi connectivity index (χ1n) is 9.95. The van der Waals surface area contributed by atoms with E-state index >= 15 is 0 Å². The van der Waals surface area contributed by atoms with Gasteiger partial charge in [0.15, 0.2) is 5.16 Å². The third-order valence-corrected chi connectivity index (χ3v) is 6.08. The number of amides is 1. The predicted molar refractivity (Wildman–Crippen MR) is 121 cm³/mol. The van der Waals surface area contributed by atoms with Crippen molar-refractivity contribution in [1.82, 2.24) is 9.55 Å². The number of thioether (sulfide) groups is 1. The molecular weight excluding hydrogens is 463 g/mol. The number of hydrogen-bond donors (Lipinski definition) is 1. The predicted octanol–water partition coefficient (Wildman–Crippen LogP) is 5.99. The van der Waals surface area contributed by atoms with Crippen LogP contribution in [0.1, 0.15) is 32.3 Å². The Kier molecular flexibility index (Phi) is 7.51. The molecule has 0 aliphatic carbocycles. The van der Waals surface area contributed by atoms with Gasteiger partial charge in [-0.3, -0.25) is 14.2 Å². The molecule has 0 saturated carbocycles. The van der Waals surface area contributed by atoms with E-state index < -0.39 is 22.9 Å². The largest absolute Gasteiger partial charge is 0.418 e. The van der Waals surface area contributed by atoms with Crippen molar-refractivity contribution >= 4 is 45.9 Å². The molecule has 32 heavy (non-hydrogen) atoms. The fraction of sp³-hybridized carbons (Fsp3) is 0.318. The minimum atomic E-state index is -4.68. The highest BCUT2D eigenvalue weighted by atomic mass is 35.5. The topological polar surface area (TPSA) is 64.0 Å². The number of fused-ring (bicyclic) bond motifs is 1. The van der Waals surface area contributed by atoms with E-state index in [9.17, 15) is 22.8 Å². The number of carbonyl (C=O) groups is 1. The van der Waals surface area contributed by atoms with E-state index in [2.05, 4.69) is 10.3 Å². The minimum Gasteiger partial charge on any atom is -0.325 e. The van der Waals surface area contributed by atoms with Crippen molar-refractivity contribution in [2.75, 3.05) is 5.32 Å². The Morgan fingerprint density at radius 3 is 2.66 bits per heavy atom. The highest BCUT2D eigenvalue weighted by Crippen LogP contribution is 2.37. The fourth-order valence-corrected chi connectivity index (χ4v) is 4.16. The molecule has 1 amide bonds. The molecule has 1 atom stereocenters. The molecule has 1 N–H and O–H groups in total. The zero-order valence-electron chi connectivity index (χ0n) is 17.4. The Morgan fingerprint density at radius 1 is 1.25 bits per heavy atom. The third kappa shape index (κ3) is 5.45. The molecule has 0 fully saturated rings. The van der Waals surface area contributed by atoms with Crippen molar-refractivity contribution in [3.8, 4) is 0 Å². The molecule has 1 aromatic heterocycles. The van der Waals surface area contributed by atoms with Crippen LogP contribution in [0.5, 0.6) is 0 Å². The van der Waals surface area contributed by atoms with Crippen LogP contribution < -0.4 is 10.9 Å². The molecule has 170 valence electrons. The molecule has 3 rings (SSSR count). The lowest BCUT2D eigenvalue weighted by Gasteiger charge is -2.18. The molecule has 0 radical (unpaired) electrons. The SMILES string of the molecule is CCCCn1c(SC(C)C(=O)Nc2ccc(Cl)cc2C(F)(F)F)nc2ccccc2c1=O. The Bertz CT molecular complexity index is 1200. The van der Waals surface area contributed by atoms with Gasteiger partial charge < -0.3 is 5.32 Å². The van der Waals surface area contributed by atoms with E-state index in [0.717, 1.165) is 36.7 Å². The summed E-state index contributed by atoms with van der Waals surface area (Å²) in [5.41, 5.74) is -1.12. The van der Waals surface area contributed by atoms with Gasteiger partial charge in [0.2, 0.25) is 5.91 Å².